The third-order valence-electron chi connectivity index (χ3n) is 3.71. The van der Waals surface area contributed by atoms with Crippen molar-refractivity contribution in [2.75, 3.05) is 25.0 Å². The van der Waals surface area contributed by atoms with Gasteiger partial charge in [-0.05, 0) is 50.6 Å². The average Bonchev–Trinajstić information content (AvgIpc) is 2.99. The van der Waals surface area contributed by atoms with Gasteiger partial charge in [-0.15, -0.1) is 10.2 Å². The first kappa shape index (κ1) is 13.1. The van der Waals surface area contributed by atoms with E-state index in [1.165, 1.54) is 12.0 Å². The van der Waals surface area contributed by atoms with Crippen LogP contribution in [0.15, 0.2) is 36.4 Å². The molecule has 1 aliphatic rings. The van der Waals surface area contributed by atoms with Crippen molar-refractivity contribution in [2.45, 2.75) is 13.3 Å². The monoisotopic (exact) mass is 268 g/mol. The lowest BCUT2D eigenvalue weighted by Crippen LogP contribution is -2.17. The summed E-state index contributed by atoms with van der Waals surface area (Å²) in [7, 11) is 0. The summed E-state index contributed by atoms with van der Waals surface area (Å²) in [5.74, 6) is 1.56. The van der Waals surface area contributed by atoms with Gasteiger partial charge in [0.25, 0.3) is 0 Å². The van der Waals surface area contributed by atoms with Crippen LogP contribution in [0.3, 0.4) is 0 Å². The van der Waals surface area contributed by atoms with E-state index in [1.807, 2.05) is 18.2 Å². The highest BCUT2D eigenvalue weighted by Crippen LogP contribution is 2.18. The molecule has 1 aromatic carbocycles. The first-order valence-electron chi connectivity index (χ1n) is 7.16. The molecule has 1 saturated heterocycles. The first-order valence-corrected chi connectivity index (χ1v) is 7.16. The zero-order valence-electron chi connectivity index (χ0n) is 11.8. The number of nitrogens with one attached hydrogen (secondary N) is 2. The molecule has 104 valence electrons. The van der Waals surface area contributed by atoms with Gasteiger partial charge in [-0.1, -0.05) is 23.8 Å². The van der Waals surface area contributed by atoms with Crippen molar-refractivity contribution in [2.24, 2.45) is 5.92 Å². The van der Waals surface area contributed by atoms with E-state index in [-0.39, 0.29) is 0 Å². The van der Waals surface area contributed by atoms with Crippen LogP contribution >= 0.6 is 0 Å². The Morgan fingerprint density at radius 1 is 1.25 bits per heavy atom. The molecule has 0 bridgehead atoms. The SMILES string of the molecule is Cc1cccc(-c2ccc(NCC3CCNC3)nn2)c1. The molecular formula is C16H20N4. The summed E-state index contributed by atoms with van der Waals surface area (Å²) in [5.41, 5.74) is 3.27. The summed E-state index contributed by atoms with van der Waals surface area (Å²) in [6, 6.07) is 12.4. The number of aromatic nitrogens is 2. The predicted molar refractivity (Wildman–Crippen MR) is 81.7 cm³/mol. The van der Waals surface area contributed by atoms with E-state index in [0.29, 0.717) is 5.92 Å². The summed E-state index contributed by atoms with van der Waals surface area (Å²) >= 11 is 0. The molecular weight excluding hydrogens is 248 g/mol. The molecule has 1 aromatic heterocycles. The Labute approximate surface area is 119 Å². The van der Waals surface area contributed by atoms with Crippen molar-refractivity contribution < 1.29 is 0 Å². The van der Waals surface area contributed by atoms with Crippen LogP contribution in [0.25, 0.3) is 11.3 Å². The summed E-state index contributed by atoms with van der Waals surface area (Å²) in [6.45, 7) is 5.28. The minimum atomic E-state index is 0.702. The molecule has 1 fully saturated rings. The molecule has 0 radical (unpaired) electrons. The number of rotatable bonds is 4. The Morgan fingerprint density at radius 3 is 2.90 bits per heavy atom. The number of hydrogen-bond acceptors (Lipinski definition) is 4. The lowest BCUT2D eigenvalue weighted by atomic mass is 10.1. The number of benzene rings is 1. The second kappa shape index (κ2) is 6.01. The summed E-state index contributed by atoms with van der Waals surface area (Å²) in [4.78, 5) is 0. The Morgan fingerprint density at radius 2 is 2.20 bits per heavy atom. The van der Waals surface area contributed by atoms with Crippen LogP contribution in [0.2, 0.25) is 0 Å². The maximum Gasteiger partial charge on any atom is 0.148 e. The molecule has 4 heteroatoms. The molecule has 4 nitrogen and oxygen atoms in total. The smallest absolute Gasteiger partial charge is 0.148 e. The van der Waals surface area contributed by atoms with E-state index in [9.17, 15) is 0 Å². The standard InChI is InChI=1S/C16H20N4/c1-12-3-2-4-14(9-12)15-5-6-16(20-19-15)18-11-13-7-8-17-10-13/h2-6,9,13,17H,7-8,10-11H2,1H3,(H,18,20). The van der Waals surface area contributed by atoms with Gasteiger partial charge in [0.15, 0.2) is 0 Å². The molecule has 2 heterocycles. The normalized spacial score (nSPS) is 18.1. The number of anilines is 1. The Kier molecular flexibility index (Phi) is 3.92. The third kappa shape index (κ3) is 3.14. The number of aryl methyl sites for hydroxylation is 1. The molecule has 0 spiro atoms. The number of hydrogen-bond donors (Lipinski definition) is 2. The van der Waals surface area contributed by atoms with Gasteiger partial charge in [-0.2, -0.15) is 0 Å². The number of nitrogens with zero attached hydrogens (tertiary/aromatic N) is 2. The highest BCUT2D eigenvalue weighted by atomic mass is 15.2. The lowest BCUT2D eigenvalue weighted by Gasteiger charge is -2.10. The van der Waals surface area contributed by atoms with Crippen molar-refractivity contribution in [3.8, 4) is 11.3 Å². The predicted octanol–water partition coefficient (Wildman–Crippen LogP) is 2.47. The van der Waals surface area contributed by atoms with Gasteiger partial charge in [0.2, 0.25) is 0 Å². The highest BCUT2D eigenvalue weighted by Gasteiger charge is 2.13. The van der Waals surface area contributed by atoms with Gasteiger partial charge < -0.3 is 10.6 Å². The molecule has 0 aliphatic carbocycles. The third-order valence-corrected chi connectivity index (χ3v) is 3.71. The van der Waals surface area contributed by atoms with Crippen LogP contribution in [0.1, 0.15) is 12.0 Å². The zero-order valence-corrected chi connectivity index (χ0v) is 11.8. The van der Waals surface area contributed by atoms with Gasteiger partial charge in [-0.25, -0.2) is 0 Å². The minimum Gasteiger partial charge on any atom is -0.368 e. The van der Waals surface area contributed by atoms with Crippen LogP contribution in [-0.4, -0.2) is 29.8 Å². The molecule has 0 saturated carbocycles. The maximum atomic E-state index is 4.31. The van der Waals surface area contributed by atoms with E-state index in [2.05, 4.69) is 46.0 Å². The molecule has 1 atom stereocenters. The van der Waals surface area contributed by atoms with Crippen molar-refractivity contribution in [1.82, 2.24) is 15.5 Å². The van der Waals surface area contributed by atoms with Crippen LogP contribution in [-0.2, 0) is 0 Å². The summed E-state index contributed by atoms with van der Waals surface area (Å²) < 4.78 is 0. The lowest BCUT2D eigenvalue weighted by molar-refractivity contribution is 0.613. The van der Waals surface area contributed by atoms with E-state index in [1.54, 1.807) is 0 Å². The zero-order chi connectivity index (χ0) is 13.8. The van der Waals surface area contributed by atoms with E-state index in [4.69, 9.17) is 0 Å². The topological polar surface area (TPSA) is 49.8 Å². The van der Waals surface area contributed by atoms with Crippen molar-refractivity contribution in [3.05, 3.63) is 42.0 Å². The van der Waals surface area contributed by atoms with Crippen molar-refractivity contribution in [3.63, 3.8) is 0 Å². The Bertz CT molecular complexity index is 559. The van der Waals surface area contributed by atoms with E-state index >= 15 is 0 Å². The molecule has 2 N–H and O–H groups in total. The Balaban J connectivity index is 1.65. The summed E-state index contributed by atoms with van der Waals surface area (Å²) in [5, 5.41) is 15.3. The molecule has 3 rings (SSSR count). The second-order valence-corrected chi connectivity index (χ2v) is 5.41. The molecule has 20 heavy (non-hydrogen) atoms. The second-order valence-electron chi connectivity index (χ2n) is 5.41. The molecule has 0 amide bonds. The van der Waals surface area contributed by atoms with Gasteiger partial charge in [0, 0.05) is 12.1 Å². The molecule has 1 unspecified atom stereocenters. The van der Waals surface area contributed by atoms with Gasteiger partial charge in [0.05, 0.1) is 5.69 Å². The van der Waals surface area contributed by atoms with E-state index in [0.717, 1.165) is 36.7 Å². The highest BCUT2D eigenvalue weighted by molar-refractivity contribution is 5.60. The fraction of sp³-hybridized carbons (Fsp3) is 0.375. The Hall–Kier alpha value is -1.94. The molecule has 1 aliphatic heterocycles. The van der Waals surface area contributed by atoms with Crippen LogP contribution in [0.5, 0.6) is 0 Å². The quantitative estimate of drug-likeness (QED) is 0.894. The largest absolute Gasteiger partial charge is 0.368 e. The van der Waals surface area contributed by atoms with Gasteiger partial charge in [0.1, 0.15) is 5.82 Å². The van der Waals surface area contributed by atoms with E-state index < -0.39 is 0 Å². The summed E-state index contributed by atoms with van der Waals surface area (Å²) in [6.07, 6.45) is 1.24. The van der Waals surface area contributed by atoms with Gasteiger partial charge in [-0.3, -0.25) is 0 Å². The fourth-order valence-electron chi connectivity index (χ4n) is 2.52. The fourth-order valence-corrected chi connectivity index (χ4v) is 2.52. The van der Waals surface area contributed by atoms with Crippen LogP contribution in [0, 0.1) is 12.8 Å². The maximum absolute atomic E-state index is 4.31. The average molecular weight is 268 g/mol. The first-order chi connectivity index (χ1) is 9.81. The van der Waals surface area contributed by atoms with Crippen LogP contribution < -0.4 is 10.6 Å². The van der Waals surface area contributed by atoms with Crippen LogP contribution in [0.4, 0.5) is 5.82 Å². The van der Waals surface area contributed by atoms with Crippen molar-refractivity contribution in [1.29, 1.82) is 0 Å². The van der Waals surface area contributed by atoms with Crippen molar-refractivity contribution >= 4 is 5.82 Å². The van der Waals surface area contributed by atoms with Gasteiger partial charge >= 0.3 is 0 Å². The minimum absolute atomic E-state index is 0.702. The molecule has 2 aromatic rings.